The van der Waals surface area contributed by atoms with Gasteiger partial charge in [-0.25, -0.2) is 4.79 Å². The fourth-order valence-electron chi connectivity index (χ4n) is 1.11. The average Bonchev–Trinajstić information content (AvgIpc) is 2.21. The van der Waals surface area contributed by atoms with Gasteiger partial charge in [0.2, 0.25) is 0 Å². The second kappa shape index (κ2) is 5.40. The fourth-order valence-corrected chi connectivity index (χ4v) is 1.29. The van der Waals surface area contributed by atoms with E-state index in [-0.39, 0.29) is 0 Å². The molecule has 1 rings (SSSR count). The van der Waals surface area contributed by atoms with Crippen molar-refractivity contribution in [2.75, 3.05) is 11.1 Å². The van der Waals surface area contributed by atoms with Crippen LogP contribution in [-0.4, -0.2) is 18.1 Å². The van der Waals surface area contributed by atoms with E-state index >= 15 is 0 Å². The molecule has 2 amide bonds. The standard InChI is InChI=1S/C10H12ClN3O3/c1-5(17-10(13)16)9(15)14-8-3-2-6(11)4-7(8)12/h2-5H,12H2,1H3,(H2,13,16)(H,14,15)/t5-/m0/s1. The number of primary amides is 1. The summed E-state index contributed by atoms with van der Waals surface area (Å²) in [5.74, 6) is -0.530. The number of carbonyl (C=O) groups is 2. The van der Waals surface area contributed by atoms with Crippen LogP contribution in [0.3, 0.4) is 0 Å². The van der Waals surface area contributed by atoms with Crippen LogP contribution in [0.4, 0.5) is 16.2 Å². The first kappa shape index (κ1) is 13.1. The maximum Gasteiger partial charge on any atom is 0.405 e. The second-order valence-electron chi connectivity index (χ2n) is 3.30. The van der Waals surface area contributed by atoms with Crippen LogP contribution in [0.5, 0.6) is 0 Å². The Morgan fingerprint density at radius 1 is 1.47 bits per heavy atom. The van der Waals surface area contributed by atoms with E-state index in [2.05, 4.69) is 10.1 Å². The summed E-state index contributed by atoms with van der Waals surface area (Å²) in [6.07, 6.45) is -2.01. The van der Waals surface area contributed by atoms with Gasteiger partial charge in [-0.3, -0.25) is 4.79 Å². The lowest BCUT2D eigenvalue weighted by Gasteiger charge is -2.13. The summed E-state index contributed by atoms with van der Waals surface area (Å²) < 4.78 is 4.51. The molecule has 1 atom stereocenters. The highest BCUT2D eigenvalue weighted by atomic mass is 35.5. The number of benzene rings is 1. The molecule has 0 bridgehead atoms. The highest BCUT2D eigenvalue weighted by molar-refractivity contribution is 6.31. The van der Waals surface area contributed by atoms with E-state index in [1.807, 2.05) is 0 Å². The number of halogens is 1. The monoisotopic (exact) mass is 257 g/mol. The molecule has 0 aliphatic heterocycles. The number of nitrogens with one attached hydrogen (secondary N) is 1. The lowest BCUT2D eigenvalue weighted by Crippen LogP contribution is -2.32. The molecule has 0 saturated heterocycles. The van der Waals surface area contributed by atoms with Crippen molar-refractivity contribution in [3.63, 3.8) is 0 Å². The molecule has 1 aromatic rings. The third-order valence-electron chi connectivity index (χ3n) is 1.93. The minimum absolute atomic E-state index is 0.317. The van der Waals surface area contributed by atoms with Crippen LogP contribution >= 0.6 is 11.6 Å². The zero-order valence-corrected chi connectivity index (χ0v) is 9.82. The summed E-state index contributed by atoms with van der Waals surface area (Å²) in [5.41, 5.74) is 11.1. The van der Waals surface area contributed by atoms with Gasteiger partial charge in [-0.2, -0.15) is 0 Å². The number of nitrogen functional groups attached to an aromatic ring is 1. The number of hydrogen-bond acceptors (Lipinski definition) is 4. The van der Waals surface area contributed by atoms with Gasteiger partial charge in [0.15, 0.2) is 6.10 Å². The molecule has 92 valence electrons. The van der Waals surface area contributed by atoms with Crippen molar-refractivity contribution in [1.82, 2.24) is 0 Å². The summed E-state index contributed by atoms with van der Waals surface area (Å²) in [5, 5.41) is 2.95. The first-order chi connectivity index (χ1) is 7.90. The van der Waals surface area contributed by atoms with Crippen LogP contribution in [0, 0.1) is 0 Å². The van der Waals surface area contributed by atoms with E-state index in [0.717, 1.165) is 0 Å². The summed E-state index contributed by atoms with van der Waals surface area (Å²) in [6.45, 7) is 1.40. The minimum Gasteiger partial charge on any atom is -0.437 e. The molecule has 0 spiro atoms. The number of rotatable bonds is 3. The van der Waals surface area contributed by atoms with Gasteiger partial charge in [-0.05, 0) is 25.1 Å². The van der Waals surface area contributed by atoms with E-state index in [4.69, 9.17) is 23.1 Å². The Kier molecular flexibility index (Phi) is 4.17. The molecule has 17 heavy (non-hydrogen) atoms. The van der Waals surface area contributed by atoms with Crippen molar-refractivity contribution in [1.29, 1.82) is 0 Å². The van der Waals surface area contributed by atoms with Gasteiger partial charge in [0, 0.05) is 5.02 Å². The largest absolute Gasteiger partial charge is 0.437 e. The number of carbonyl (C=O) groups excluding carboxylic acids is 2. The van der Waals surface area contributed by atoms with Crippen LogP contribution in [0.25, 0.3) is 0 Å². The van der Waals surface area contributed by atoms with Gasteiger partial charge >= 0.3 is 6.09 Å². The van der Waals surface area contributed by atoms with E-state index < -0.39 is 18.1 Å². The molecule has 1 aromatic carbocycles. The fraction of sp³-hybridized carbons (Fsp3) is 0.200. The molecule has 0 saturated carbocycles. The Balaban J connectivity index is 2.71. The van der Waals surface area contributed by atoms with Crippen LogP contribution < -0.4 is 16.8 Å². The maximum absolute atomic E-state index is 11.6. The molecule has 0 radical (unpaired) electrons. The van der Waals surface area contributed by atoms with Gasteiger partial charge in [-0.1, -0.05) is 11.6 Å². The lowest BCUT2D eigenvalue weighted by atomic mass is 10.2. The van der Waals surface area contributed by atoms with Crippen LogP contribution in [0.15, 0.2) is 18.2 Å². The minimum atomic E-state index is -1.02. The molecule has 0 aliphatic carbocycles. The van der Waals surface area contributed by atoms with Gasteiger partial charge < -0.3 is 21.5 Å². The number of anilines is 2. The van der Waals surface area contributed by atoms with Gasteiger partial charge in [0.1, 0.15) is 0 Å². The SMILES string of the molecule is C[C@H](OC(N)=O)C(=O)Nc1ccc(Cl)cc1N. The van der Waals surface area contributed by atoms with Crippen molar-refractivity contribution in [2.24, 2.45) is 5.73 Å². The molecule has 0 heterocycles. The molecular weight excluding hydrogens is 246 g/mol. The Labute approximate surface area is 103 Å². The van der Waals surface area contributed by atoms with Crippen LogP contribution in [-0.2, 0) is 9.53 Å². The highest BCUT2D eigenvalue weighted by Crippen LogP contribution is 2.22. The summed E-state index contributed by atoms with van der Waals surface area (Å²) in [7, 11) is 0. The molecule has 0 fully saturated rings. The number of ether oxygens (including phenoxy) is 1. The molecule has 7 heteroatoms. The van der Waals surface area contributed by atoms with Crippen molar-refractivity contribution in [3.8, 4) is 0 Å². The van der Waals surface area contributed by atoms with Gasteiger partial charge in [-0.15, -0.1) is 0 Å². The predicted molar refractivity (Wildman–Crippen MR) is 64.6 cm³/mol. The quantitative estimate of drug-likeness (QED) is 0.710. The van der Waals surface area contributed by atoms with Crippen molar-refractivity contribution in [3.05, 3.63) is 23.2 Å². The smallest absolute Gasteiger partial charge is 0.405 e. The van der Waals surface area contributed by atoms with Gasteiger partial charge in [0.05, 0.1) is 11.4 Å². The third kappa shape index (κ3) is 3.84. The Bertz CT molecular complexity index is 450. The number of hydrogen-bond donors (Lipinski definition) is 3. The van der Waals surface area contributed by atoms with Gasteiger partial charge in [0.25, 0.3) is 5.91 Å². The third-order valence-corrected chi connectivity index (χ3v) is 2.17. The topological polar surface area (TPSA) is 107 Å². The molecule has 0 aliphatic rings. The summed E-state index contributed by atoms with van der Waals surface area (Å²) in [6, 6.07) is 4.62. The molecule has 0 aromatic heterocycles. The maximum atomic E-state index is 11.6. The summed E-state index contributed by atoms with van der Waals surface area (Å²) in [4.78, 5) is 22.0. The van der Waals surface area contributed by atoms with Crippen molar-refractivity contribution < 1.29 is 14.3 Å². The predicted octanol–water partition coefficient (Wildman–Crippen LogP) is 1.34. The van der Waals surface area contributed by atoms with E-state index in [0.29, 0.717) is 16.4 Å². The van der Waals surface area contributed by atoms with E-state index in [9.17, 15) is 9.59 Å². The Hall–Kier alpha value is -1.95. The van der Waals surface area contributed by atoms with Crippen LogP contribution in [0.1, 0.15) is 6.92 Å². The van der Waals surface area contributed by atoms with E-state index in [1.165, 1.54) is 13.0 Å². The normalized spacial score (nSPS) is 11.6. The first-order valence-corrected chi connectivity index (χ1v) is 5.10. The van der Waals surface area contributed by atoms with Crippen molar-refractivity contribution >= 4 is 35.0 Å². The number of amides is 2. The zero-order valence-electron chi connectivity index (χ0n) is 9.07. The zero-order chi connectivity index (χ0) is 13.0. The lowest BCUT2D eigenvalue weighted by molar-refractivity contribution is -0.123. The average molecular weight is 258 g/mol. The molecule has 0 unspecified atom stereocenters. The molecule has 5 N–H and O–H groups in total. The number of nitrogens with two attached hydrogens (primary N) is 2. The first-order valence-electron chi connectivity index (χ1n) is 4.72. The van der Waals surface area contributed by atoms with Crippen molar-refractivity contribution in [2.45, 2.75) is 13.0 Å². The Morgan fingerprint density at radius 2 is 2.12 bits per heavy atom. The van der Waals surface area contributed by atoms with Crippen LogP contribution in [0.2, 0.25) is 5.02 Å². The van der Waals surface area contributed by atoms with E-state index in [1.54, 1.807) is 12.1 Å². The molecule has 6 nitrogen and oxygen atoms in total. The highest BCUT2D eigenvalue weighted by Gasteiger charge is 2.17. The second-order valence-corrected chi connectivity index (χ2v) is 3.74. The molecular formula is C10H12ClN3O3. The summed E-state index contributed by atoms with van der Waals surface area (Å²) >= 11 is 5.71. The Morgan fingerprint density at radius 3 is 2.65 bits per heavy atom.